The Kier molecular flexibility index (Phi) is 5.65. The summed E-state index contributed by atoms with van der Waals surface area (Å²) in [6, 6.07) is 0.434. The molecule has 0 bridgehead atoms. The highest BCUT2D eigenvalue weighted by Gasteiger charge is 2.12. The lowest BCUT2D eigenvalue weighted by Gasteiger charge is -2.17. The fourth-order valence-corrected chi connectivity index (χ4v) is 2.11. The van der Waals surface area contributed by atoms with E-state index in [9.17, 15) is 0 Å². The lowest BCUT2D eigenvalue weighted by Crippen LogP contribution is -2.32. The Hall–Kier alpha value is -0.870. The molecule has 1 N–H and O–H groups in total. The molecule has 0 saturated carbocycles. The third-order valence-corrected chi connectivity index (χ3v) is 3.23. The smallest absolute Gasteiger partial charge is 0.0641 e. The molecule has 0 spiro atoms. The quantitative estimate of drug-likeness (QED) is 0.790. The van der Waals surface area contributed by atoms with E-state index < -0.39 is 0 Å². The van der Waals surface area contributed by atoms with E-state index in [0.717, 1.165) is 25.3 Å². The van der Waals surface area contributed by atoms with Gasteiger partial charge in [-0.15, -0.1) is 0 Å². The van der Waals surface area contributed by atoms with Gasteiger partial charge < -0.3 is 10.1 Å². The van der Waals surface area contributed by atoms with Gasteiger partial charge in [0.05, 0.1) is 12.3 Å². The Morgan fingerprint density at radius 1 is 1.41 bits per heavy atom. The second-order valence-electron chi connectivity index (χ2n) is 4.59. The number of hydrogen-bond donors (Lipinski definition) is 1. The van der Waals surface area contributed by atoms with Gasteiger partial charge in [0.25, 0.3) is 0 Å². The normalized spacial score (nSPS) is 13.0. The van der Waals surface area contributed by atoms with Crippen molar-refractivity contribution in [1.29, 1.82) is 0 Å². The molecule has 0 aliphatic heterocycles. The van der Waals surface area contributed by atoms with Gasteiger partial charge in [0.2, 0.25) is 0 Å². The zero-order valence-electron chi connectivity index (χ0n) is 11.7. The van der Waals surface area contributed by atoms with Crippen LogP contribution in [0.4, 0.5) is 0 Å². The van der Waals surface area contributed by atoms with Crippen molar-refractivity contribution in [3.05, 3.63) is 17.0 Å². The largest absolute Gasteiger partial charge is 0.383 e. The van der Waals surface area contributed by atoms with E-state index >= 15 is 0 Å². The van der Waals surface area contributed by atoms with Crippen molar-refractivity contribution in [2.75, 3.05) is 13.7 Å². The third kappa shape index (κ3) is 3.82. The van der Waals surface area contributed by atoms with Crippen LogP contribution in [0.15, 0.2) is 0 Å². The molecule has 1 aromatic heterocycles. The lowest BCUT2D eigenvalue weighted by molar-refractivity contribution is 0.161. The second-order valence-corrected chi connectivity index (χ2v) is 4.59. The van der Waals surface area contributed by atoms with Gasteiger partial charge in [-0.25, -0.2) is 0 Å². The topological polar surface area (TPSA) is 39.1 Å². The summed E-state index contributed by atoms with van der Waals surface area (Å²) in [5, 5.41) is 7.98. The Morgan fingerprint density at radius 3 is 2.59 bits per heavy atom. The van der Waals surface area contributed by atoms with Gasteiger partial charge in [0.15, 0.2) is 0 Å². The van der Waals surface area contributed by atoms with E-state index in [-0.39, 0.29) is 0 Å². The standard InChI is InChI=1S/C13H25N3O/c1-6-7-12(9-17-5)14-8-13-10(2)15-16(4)11(13)3/h12,14H,6-9H2,1-5H3. The first kappa shape index (κ1) is 14.2. The summed E-state index contributed by atoms with van der Waals surface area (Å²) in [6.07, 6.45) is 2.32. The zero-order valence-corrected chi connectivity index (χ0v) is 11.7. The molecular weight excluding hydrogens is 214 g/mol. The molecule has 0 radical (unpaired) electrons. The molecule has 0 fully saturated rings. The molecule has 0 aliphatic carbocycles. The summed E-state index contributed by atoms with van der Waals surface area (Å²) in [5.41, 5.74) is 3.66. The highest BCUT2D eigenvalue weighted by molar-refractivity contribution is 5.24. The number of aryl methyl sites for hydroxylation is 2. The van der Waals surface area contributed by atoms with Crippen LogP contribution in [0.1, 0.15) is 36.7 Å². The summed E-state index contributed by atoms with van der Waals surface area (Å²) in [4.78, 5) is 0. The van der Waals surface area contributed by atoms with Crippen LogP contribution in [-0.2, 0) is 18.3 Å². The van der Waals surface area contributed by atoms with Crippen LogP contribution in [-0.4, -0.2) is 29.5 Å². The van der Waals surface area contributed by atoms with E-state index in [1.165, 1.54) is 17.7 Å². The fraction of sp³-hybridized carbons (Fsp3) is 0.769. The average molecular weight is 239 g/mol. The Balaban J connectivity index is 2.58. The fourth-order valence-electron chi connectivity index (χ4n) is 2.11. The van der Waals surface area contributed by atoms with Crippen LogP contribution in [0.2, 0.25) is 0 Å². The molecule has 0 aliphatic rings. The number of aromatic nitrogens is 2. The first-order chi connectivity index (χ1) is 8.10. The number of ether oxygens (including phenoxy) is 1. The molecule has 0 saturated heterocycles. The highest BCUT2D eigenvalue weighted by Crippen LogP contribution is 2.12. The molecule has 1 heterocycles. The third-order valence-electron chi connectivity index (χ3n) is 3.23. The van der Waals surface area contributed by atoms with Gasteiger partial charge in [0, 0.05) is 38.0 Å². The monoisotopic (exact) mass is 239 g/mol. The van der Waals surface area contributed by atoms with Gasteiger partial charge in [-0.3, -0.25) is 4.68 Å². The van der Waals surface area contributed by atoms with Crippen LogP contribution in [0.25, 0.3) is 0 Å². The van der Waals surface area contributed by atoms with Gasteiger partial charge in [-0.1, -0.05) is 13.3 Å². The first-order valence-corrected chi connectivity index (χ1v) is 6.31. The van der Waals surface area contributed by atoms with Crippen LogP contribution in [0.3, 0.4) is 0 Å². The predicted molar refractivity (Wildman–Crippen MR) is 70.1 cm³/mol. The van der Waals surface area contributed by atoms with E-state index in [1.54, 1.807) is 7.11 Å². The molecule has 0 amide bonds. The van der Waals surface area contributed by atoms with Crippen molar-refractivity contribution in [3.8, 4) is 0 Å². The van der Waals surface area contributed by atoms with E-state index in [4.69, 9.17) is 4.74 Å². The van der Waals surface area contributed by atoms with Gasteiger partial charge in [0.1, 0.15) is 0 Å². The molecular formula is C13H25N3O. The van der Waals surface area contributed by atoms with Crippen molar-refractivity contribution in [3.63, 3.8) is 0 Å². The van der Waals surface area contributed by atoms with Crippen LogP contribution in [0.5, 0.6) is 0 Å². The average Bonchev–Trinajstić information content (AvgIpc) is 2.51. The summed E-state index contributed by atoms with van der Waals surface area (Å²) in [7, 11) is 3.75. The number of hydrogen-bond acceptors (Lipinski definition) is 3. The van der Waals surface area contributed by atoms with Crippen molar-refractivity contribution in [1.82, 2.24) is 15.1 Å². The minimum Gasteiger partial charge on any atom is -0.383 e. The van der Waals surface area contributed by atoms with Crippen molar-refractivity contribution in [2.45, 2.75) is 46.2 Å². The Labute approximate surface area is 104 Å². The van der Waals surface area contributed by atoms with Crippen molar-refractivity contribution < 1.29 is 4.74 Å². The lowest BCUT2D eigenvalue weighted by atomic mass is 10.1. The maximum absolute atomic E-state index is 5.23. The van der Waals surface area contributed by atoms with Crippen molar-refractivity contribution in [2.24, 2.45) is 7.05 Å². The summed E-state index contributed by atoms with van der Waals surface area (Å²) >= 11 is 0. The Morgan fingerprint density at radius 2 is 2.12 bits per heavy atom. The summed E-state index contributed by atoms with van der Waals surface area (Å²) in [6.45, 7) is 8.02. The van der Waals surface area contributed by atoms with Crippen LogP contribution >= 0.6 is 0 Å². The van der Waals surface area contributed by atoms with Gasteiger partial charge in [-0.2, -0.15) is 5.10 Å². The number of nitrogens with one attached hydrogen (secondary N) is 1. The predicted octanol–water partition coefficient (Wildman–Crippen LogP) is 1.94. The Bertz CT molecular complexity index is 341. The highest BCUT2D eigenvalue weighted by atomic mass is 16.5. The molecule has 1 unspecified atom stereocenters. The number of rotatable bonds is 7. The van der Waals surface area contributed by atoms with Gasteiger partial charge >= 0.3 is 0 Å². The van der Waals surface area contributed by atoms with Crippen molar-refractivity contribution >= 4 is 0 Å². The van der Waals surface area contributed by atoms with E-state index in [2.05, 4.69) is 31.2 Å². The van der Waals surface area contributed by atoms with Crippen LogP contribution in [0, 0.1) is 13.8 Å². The zero-order chi connectivity index (χ0) is 12.8. The molecule has 1 atom stereocenters. The molecule has 1 rings (SSSR count). The minimum absolute atomic E-state index is 0.434. The molecule has 0 aromatic carbocycles. The maximum atomic E-state index is 5.23. The summed E-state index contributed by atoms with van der Waals surface area (Å²) in [5.74, 6) is 0. The summed E-state index contributed by atoms with van der Waals surface area (Å²) < 4.78 is 7.17. The second kappa shape index (κ2) is 6.77. The van der Waals surface area contributed by atoms with Crippen LogP contribution < -0.4 is 5.32 Å². The van der Waals surface area contributed by atoms with E-state index in [0.29, 0.717) is 6.04 Å². The first-order valence-electron chi connectivity index (χ1n) is 6.31. The minimum atomic E-state index is 0.434. The van der Waals surface area contributed by atoms with E-state index in [1.807, 2.05) is 11.7 Å². The molecule has 98 valence electrons. The number of nitrogens with zero attached hydrogens (tertiary/aromatic N) is 2. The molecule has 17 heavy (non-hydrogen) atoms. The molecule has 4 nitrogen and oxygen atoms in total. The molecule has 4 heteroatoms. The maximum Gasteiger partial charge on any atom is 0.0641 e. The SMILES string of the molecule is CCCC(COC)NCc1c(C)nn(C)c1C. The number of methoxy groups -OCH3 is 1. The van der Waals surface area contributed by atoms with Gasteiger partial charge in [-0.05, 0) is 20.3 Å². The molecule has 1 aromatic rings.